The van der Waals surface area contributed by atoms with Crippen molar-refractivity contribution < 1.29 is 23.0 Å². The number of hydrogen-bond donors (Lipinski definition) is 1. The summed E-state index contributed by atoms with van der Waals surface area (Å²) in [5, 5.41) is 2.49. The molecule has 3 rings (SSSR count). The molecule has 1 atom stereocenters. The Morgan fingerprint density at radius 3 is 2.96 bits per heavy atom. The summed E-state index contributed by atoms with van der Waals surface area (Å²) in [7, 11) is 0. The van der Waals surface area contributed by atoms with Crippen molar-refractivity contribution in [1.82, 2.24) is 4.98 Å². The van der Waals surface area contributed by atoms with Crippen LogP contribution >= 0.6 is 0 Å². The van der Waals surface area contributed by atoms with Crippen LogP contribution < -0.4 is 10.1 Å². The first-order valence-corrected chi connectivity index (χ1v) is 7.08. The third kappa shape index (κ3) is 3.81. The maximum absolute atomic E-state index is 13.6. The summed E-state index contributed by atoms with van der Waals surface area (Å²) in [6.07, 6.45) is 2.16. The molecule has 0 radical (unpaired) electrons. The maximum atomic E-state index is 13.6. The molecule has 0 unspecified atom stereocenters. The second-order valence-electron chi connectivity index (χ2n) is 5.06. The van der Waals surface area contributed by atoms with E-state index in [1.165, 1.54) is 18.3 Å². The molecular formula is C16H14F2N2O3. The number of anilines is 1. The summed E-state index contributed by atoms with van der Waals surface area (Å²) < 4.78 is 37.6. The predicted molar refractivity (Wildman–Crippen MR) is 78.4 cm³/mol. The van der Waals surface area contributed by atoms with Crippen molar-refractivity contribution >= 4 is 11.6 Å². The average Bonchev–Trinajstić information content (AvgIpc) is 3.03. The highest BCUT2D eigenvalue weighted by molar-refractivity contribution is 6.04. The van der Waals surface area contributed by atoms with E-state index in [4.69, 9.17) is 9.47 Å². The van der Waals surface area contributed by atoms with E-state index in [1.54, 1.807) is 0 Å². The Kier molecular flexibility index (Phi) is 4.47. The van der Waals surface area contributed by atoms with E-state index in [0.29, 0.717) is 24.8 Å². The minimum absolute atomic E-state index is 0.0749. The molecule has 23 heavy (non-hydrogen) atoms. The second kappa shape index (κ2) is 6.70. The molecule has 1 N–H and O–H groups in total. The van der Waals surface area contributed by atoms with Crippen molar-refractivity contribution in [2.45, 2.75) is 12.5 Å². The molecule has 1 aliphatic rings. The molecular weight excluding hydrogens is 306 g/mol. The fourth-order valence-corrected chi connectivity index (χ4v) is 2.20. The van der Waals surface area contributed by atoms with E-state index in [2.05, 4.69) is 10.3 Å². The zero-order valence-corrected chi connectivity index (χ0v) is 12.1. The van der Waals surface area contributed by atoms with Crippen LogP contribution in [0.5, 0.6) is 5.88 Å². The Morgan fingerprint density at radius 1 is 1.30 bits per heavy atom. The van der Waals surface area contributed by atoms with Crippen molar-refractivity contribution in [2.24, 2.45) is 0 Å². The summed E-state index contributed by atoms with van der Waals surface area (Å²) in [6, 6.07) is 5.76. The third-order valence-electron chi connectivity index (χ3n) is 3.34. The quantitative estimate of drug-likeness (QED) is 0.941. The van der Waals surface area contributed by atoms with Crippen LogP contribution in [0.15, 0.2) is 36.5 Å². The number of nitrogens with zero attached hydrogens (tertiary/aromatic N) is 1. The van der Waals surface area contributed by atoms with E-state index in [1.807, 2.05) is 0 Å². The zero-order chi connectivity index (χ0) is 16.2. The number of rotatable bonds is 4. The number of benzene rings is 1. The van der Waals surface area contributed by atoms with Crippen LogP contribution in [-0.4, -0.2) is 30.2 Å². The van der Waals surface area contributed by atoms with Crippen molar-refractivity contribution in [1.29, 1.82) is 0 Å². The van der Waals surface area contributed by atoms with Gasteiger partial charge in [-0.2, -0.15) is 0 Å². The predicted octanol–water partition coefficient (Wildman–Crippen LogP) is 2.78. The molecule has 0 saturated carbocycles. The van der Waals surface area contributed by atoms with Gasteiger partial charge in [-0.15, -0.1) is 0 Å². The first-order valence-electron chi connectivity index (χ1n) is 7.08. The van der Waals surface area contributed by atoms with Crippen molar-refractivity contribution in [2.75, 3.05) is 18.5 Å². The highest BCUT2D eigenvalue weighted by atomic mass is 19.1. The zero-order valence-electron chi connectivity index (χ0n) is 12.1. The third-order valence-corrected chi connectivity index (χ3v) is 3.34. The second-order valence-corrected chi connectivity index (χ2v) is 5.06. The van der Waals surface area contributed by atoms with Crippen LogP contribution in [0, 0.1) is 11.6 Å². The van der Waals surface area contributed by atoms with Gasteiger partial charge in [-0.25, -0.2) is 13.8 Å². The standard InChI is InChI=1S/C16H14F2N2O3/c17-10-1-2-14(18)13(7-10)16(21)20-11-3-5-19-15(8-11)23-12-4-6-22-9-12/h1-3,5,7-8,12H,4,6,9H2,(H,19,20,21)/t12-/m0/s1. The first kappa shape index (κ1) is 15.4. The van der Waals surface area contributed by atoms with Gasteiger partial charge in [0.05, 0.1) is 18.8 Å². The van der Waals surface area contributed by atoms with E-state index in [9.17, 15) is 13.6 Å². The molecule has 2 heterocycles. The molecule has 1 amide bonds. The number of nitrogens with one attached hydrogen (secondary N) is 1. The molecule has 1 aromatic carbocycles. The normalized spacial score (nSPS) is 17.0. The number of amides is 1. The molecule has 7 heteroatoms. The lowest BCUT2D eigenvalue weighted by Gasteiger charge is -2.12. The van der Waals surface area contributed by atoms with E-state index in [0.717, 1.165) is 24.6 Å². The topological polar surface area (TPSA) is 60.5 Å². The summed E-state index contributed by atoms with van der Waals surface area (Å²) in [4.78, 5) is 16.1. The summed E-state index contributed by atoms with van der Waals surface area (Å²) in [6.45, 7) is 1.13. The molecule has 1 fully saturated rings. The molecule has 0 bridgehead atoms. The van der Waals surface area contributed by atoms with Crippen LogP contribution in [0.25, 0.3) is 0 Å². The largest absolute Gasteiger partial charge is 0.472 e. The van der Waals surface area contributed by atoms with Crippen LogP contribution in [-0.2, 0) is 4.74 Å². The van der Waals surface area contributed by atoms with Gasteiger partial charge in [0.2, 0.25) is 5.88 Å². The van der Waals surface area contributed by atoms with Crippen LogP contribution in [0.4, 0.5) is 14.5 Å². The molecule has 1 aliphatic heterocycles. The van der Waals surface area contributed by atoms with Crippen LogP contribution in [0.3, 0.4) is 0 Å². The smallest absolute Gasteiger partial charge is 0.258 e. The number of carbonyl (C=O) groups is 1. The summed E-state index contributed by atoms with van der Waals surface area (Å²) >= 11 is 0. The maximum Gasteiger partial charge on any atom is 0.258 e. The van der Waals surface area contributed by atoms with Gasteiger partial charge in [0.1, 0.15) is 17.7 Å². The Labute approximate surface area is 131 Å². The lowest BCUT2D eigenvalue weighted by atomic mass is 10.2. The molecule has 1 saturated heterocycles. The van der Waals surface area contributed by atoms with E-state index < -0.39 is 17.5 Å². The molecule has 2 aromatic rings. The Bertz CT molecular complexity index is 718. The molecule has 0 spiro atoms. The monoisotopic (exact) mass is 320 g/mol. The number of hydrogen-bond acceptors (Lipinski definition) is 4. The fourth-order valence-electron chi connectivity index (χ4n) is 2.20. The minimum atomic E-state index is -0.794. The first-order chi connectivity index (χ1) is 11.1. The SMILES string of the molecule is O=C(Nc1ccnc(O[C@H]2CCOC2)c1)c1cc(F)ccc1F. The Morgan fingerprint density at radius 2 is 2.17 bits per heavy atom. The van der Waals surface area contributed by atoms with E-state index in [-0.39, 0.29) is 11.7 Å². The average molecular weight is 320 g/mol. The highest BCUT2D eigenvalue weighted by Gasteiger charge is 2.18. The van der Waals surface area contributed by atoms with Gasteiger partial charge >= 0.3 is 0 Å². The van der Waals surface area contributed by atoms with Crippen molar-refractivity contribution in [3.63, 3.8) is 0 Å². The lowest BCUT2D eigenvalue weighted by Crippen LogP contribution is -2.17. The molecule has 0 aliphatic carbocycles. The molecule has 120 valence electrons. The Balaban J connectivity index is 1.72. The van der Waals surface area contributed by atoms with Crippen LogP contribution in [0.1, 0.15) is 16.8 Å². The van der Waals surface area contributed by atoms with E-state index >= 15 is 0 Å². The van der Waals surface area contributed by atoms with Gasteiger partial charge < -0.3 is 14.8 Å². The van der Waals surface area contributed by atoms with Crippen molar-refractivity contribution in [3.8, 4) is 5.88 Å². The summed E-state index contributed by atoms with van der Waals surface area (Å²) in [5.41, 5.74) is 0.0102. The molecule has 1 aromatic heterocycles. The number of halogens is 2. The van der Waals surface area contributed by atoms with Crippen LogP contribution in [0.2, 0.25) is 0 Å². The van der Waals surface area contributed by atoms with Gasteiger partial charge in [0, 0.05) is 24.4 Å². The minimum Gasteiger partial charge on any atom is -0.472 e. The lowest BCUT2D eigenvalue weighted by molar-refractivity contribution is 0.102. The molecule has 5 nitrogen and oxygen atoms in total. The van der Waals surface area contributed by atoms with Gasteiger partial charge in [-0.05, 0) is 24.3 Å². The van der Waals surface area contributed by atoms with Crippen molar-refractivity contribution in [3.05, 3.63) is 53.7 Å². The number of ether oxygens (including phenoxy) is 2. The number of aromatic nitrogens is 1. The summed E-state index contributed by atoms with van der Waals surface area (Å²) in [5.74, 6) is -1.89. The van der Waals surface area contributed by atoms with Gasteiger partial charge in [-0.1, -0.05) is 0 Å². The van der Waals surface area contributed by atoms with Gasteiger partial charge in [0.15, 0.2) is 0 Å². The van der Waals surface area contributed by atoms with Gasteiger partial charge in [0.25, 0.3) is 5.91 Å². The number of carbonyl (C=O) groups excluding carboxylic acids is 1. The number of pyridine rings is 1. The fraction of sp³-hybridized carbons (Fsp3) is 0.250. The van der Waals surface area contributed by atoms with Gasteiger partial charge in [-0.3, -0.25) is 4.79 Å². The highest BCUT2D eigenvalue weighted by Crippen LogP contribution is 2.19. The Hall–Kier alpha value is -2.54.